The lowest BCUT2D eigenvalue weighted by atomic mass is 10.1. The van der Waals surface area contributed by atoms with Crippen molar-refractivity contribution < 1.29 is 19.1 Å². The van der Waals surface area contributed by atoms with Gasteiger partial charge in [-0.1, -0.05) is 17.7 Å². The summed E-state index contributed by atoms with van der Waals surface area (Å²) in [6, 6.07) is 10.9. The third-order valence-corrected chi connectivity index (χ3v) is 4.02. The molecule has 0 atom stereocenters. The van der Waals surface area contributed by atoms with Gasteiger partial charge in [-0.2, -0.15) is 0 Å². The fraction of sp³-hybridized carbons (Fsp3) is 0.300. The Balaban J connectivity index is 2.23. The van der Waals surface area contributed by atoms with Crippen LogP contribution in [0.3, 0.4) is 0 Å². The first-order chi connectivity index (χ1) is 12.3. The molecule has 1 N–H and O–H groups in total. The van der Waals surface area contributed by atoms with E-state index in [9.17, 15) is 9.59 Å². The number of hydrogen-bond acceptors (Lipinski definition) is 4. The molecule has 2 aromatic rings. The van der Waals surface area contributed by atoms with E-state index in [0.29, 0.717) is 17.2 Å². The minimum atomic E-state index is -0.287. The van der Waals surface area contributed by atoms with Crippen LogP contribution in [-0.2, 0) is 9.59 Å². The highest BCUT2D eigenvalue weighted by molar-refractivity contribution is 6.02. The van der Waals surface area contributed by atoms with Gasteiger partial charge in [0.1, 0.15) is 18.0 Å². The van der Waals surface area contributed by atoms with Gasteiger partial charge in [-0.3, -0.25) is 14.5 Å². The maximum absolute atomic E-state index is 12.5. The largest absolute Gasteiger partial charge is 0.497 e. The first-order valence-corrected chi connectivity index (χ1v) is 8.23. The lowest BCUT2D eigenvalue weighted by Crippen LogP contribution is -2.37. The molecular weight excluding hydrogens is 332 g/mol. The maximum Gasteiger partial charge on any atom is 0.244 e. The predicted molar refractivity (Wildman–Crippen MR) is 102 cm³/mol. The molecule has 0 aliphatic rings. The van der Waals surface area contributed by atoms with Crippen molar-refractivity contribution in [3.05, 3.63) is 47.5 Å². The van der Waals surface area contributed by atoms with Gasteiger partial charge in [-0.05, 0) is 37.6 Å². The molecule has 0 aromatic heterocycles. The first kappa shape index (κ1) is 19.3. The second-order valence-corrected chi connectivity index (χ2v) is 6.01. The molecule has 0 fully saturated rings. The minimum absolute atomic E-state index is 0.120. The van der Waals surface area contributed by atoms with Gasteiger partial charge in [0.25, 0.3) is 0 Å². The number of ether oxygens (including phenoxy) is 2. The van der Waals surface area contributed by atoms with Crippen LogP contribution in [-0.4, -0.2) is 32.6 Å². The van der Waals surface area contributed by atoms with Crippen molar-refractivity contribution in [1.29, 1.82) is 0 Å². The van der Waals surface area contributed by atoms with Crippen molar-refractivity contribution in [2.45, 2.75) is 20.8 Å². The van der Waals surface area contributed by atoms with E-state index in [1.807, 2.05) is 32.0 Å². The summed E-state index contributed by atoms with van der Waals surface area (Å²) in [7, 11) is 3.06. The highest BCUT2D eigenvalue weighted by atomic mass is 16.5. The molecule has 0 radical (unpaired) electrons. The first-order valence-electron chi connectivity index (χ1n) is 8.23. The molecule has 0 unspecified atom stereocenters. The van der Waals surface area contributed by atoms with Crippen LogP contribution in [0, 0.1) is 13.8 Å². The van der Waals surface area contributed by atoms with Crippen LogP contribution >= 0.6 is 0 Å². The number of aryl methyl sites for hydroxylation is 2. The van der Waals surface area contributed by atoms with Crippen molar-refractivity contribution in [2.24, 2.45) is 0 Å². The van der Waals surface area contributed by atoms with Gasteiger partial charge in [-0.15, -0.1) is 0 Å². The van der Waals surface area contributed by atoms with Gasteiger partial charge in [0.2, 0.25) is 11.8 Å². The lowest BCUT2D eigenvalue weighted by molar-refractivity contribution is -0.120. The molecule has 6 nitrogen and oxygen atoms in total. The summed E-state index contributed by atoms with van der Waals surface area (Å²) in [4.78, 5) is 26.0. The fourth-order valence-corrected chi connectivity index (χ4v) is 2.66. The topological polar surface area (TPSA) is 67.9 Å². The second kappa shape index (κ2) is 8.38. The summed E-state index contributed by atoms with van der Waals surface area (Å²) in [6.45, 7) is 5.21. The van der Waals surface area contributed by atoms with E-state index in [2.05, 4.69) is 5.32 Å². The van der Waals surface area contributed by atoms with Crippen LogP contribution in [0.25, 0.3) is 0 Å². The van der Waals surface area contributed by atoms with Crippen LogP contribution in [0.4, 0.5) is 11.4 Å². The second-order valence-electron chi connectivity index (χ2n) is 6.01. The number of amides is 2. The monoisotopic (exact) mass is 356 g/mol. The number of hydrogen-bond donors (Lipinski definition) is 1. The number of rotatable bonds is 6. The van der Waals surface area contributed by atoms with E-state index in [1.54, 1.807) is 25.3 Å². The molecule has 0 heterocycles. The summed E-state index contributed by atoms with van der Waals surface area (Å²) in [5.41, 5.74) is 3.32. The number of carbonyl (C=O) groups is 2. The molecule has 2 amide bonds. The highest BCUT2D eigenvalue weighted by Gasteiger charge is 2.20. The maximum atomic E-state index is 12.5. The van der Waals surface area contributed by atoms with Crippen LogP contribution < -0.4 is 19.7 Å². The average Bonchev–Trinajstić information content (AvgIpc) is 2.61. The molecule has 138 valence electrons. The van der Waals surface area contributed by atoms with Gasteiger partial charge in [-0.25, -0.2) is 0 Å². The van der Waals surface area contributed by atoms with Gasteiger partial charge < -0.3 is 14.8 Å². The zero-order valence-electron chi connectivity index (χ0n) is 15.8. The summed E-state index contributed by atoms with van der Waals surface area (Å²) in [5, 5.41) is 2.85. The lowest BCUT2D eigenvalue weighted by Gasteiger charge is -2.23. The smallest absolute Gasteiger partial charge is 0.244 e. The molecule has 6 heteroatoms. The molecule has 26 heavy (non-hydrogen) atoms. The van der Waals surface area contributed by atoms with E-state index in [1.165, 1.54) is 18.9 Å². The Morgan fingerprint density at radius 2 is 1.77 bits per heavy atom. The minimum Gasteiger partial charge on any atom is -0.497 e. The van der Waals surface area contributed by atoms with Crippen LogP contribution in [0.1, 0.15) is 18.1 Å². The molecule has 2 aromatic carbocycles. The van der Waals surface area contributed by atoms with E-state index in [0.717, 1.165) is 16.8 Å². The van der Waals surface area contributed by atoms with Crippen molar-refractivity contribution in [2.75, 3.05) is 31.0 Å². The standard InChI is InChI=1S/C20H24N2O4/c1-13-6-8-17(14(2)10-13)21-20(24)12-22(15(3)23)18-9-7-16(25-4)11-19(18)26-5/h6-11H,12H2,1-5H3,(H,21,24). The Bertz CT molecular complexity index is 817. The third-order valence-electron chi connectivity index (χ3n) is 4.02. The van der Waals surface area contributed by atoms with Crippen molar-refractivity contribution in [1.82, 2.24) is 0 Å². The van der Waals surface area contributed by atoms with Gasteiger partial charge in [0, 0.05) is 18.7 Å². The summed E-state index contributed by atoms with van der Waals surface area (Å²) < 4.78 is 10.5. The van der Waals surface area contributed by atoms with Gasteiger partial charge in [0.15, 0.2) is 0 Å². The number of carbonyl (C=O) groups excluding carboxylic acids is 2. The molecule has 2 rings (SSSR count). The van der Waals surface area contributed by atoms with E-state index in [4.69, 9.17) is 9.47 Å². The Labute approximate surface area is 153 Å². The molecule has 0 spiro atoms. The quantitative estimate of drug-likeness (QED) is 0.862. The molecule has 0 bridgehead atoms. The zero-order valence-corrected chi connectivity index (χ0v) is 15.8. The van der Waals surface area contributed by atoms with E-state index in [-0.39, 0.29) is 18.4 Å². The summed E-state index contributed by atoms with van der Waals surface area (Å²) in [6.07, 6.45) is 0. The van der Waals surface area contributed by atoms with E-state index < -0.39 is 0 Å². The average molecular weight is 356 g/mol. The van der Waals surface area contributed by atoms with Crippen LogP contribution in [0.5, 0.6) is 11.5 Å². The molecule has 0 aliphatic heterocycles. The normalized spacial score (nSPS) is 10.2. The highest BCUT2D eigenvalue weighted by Crippen LogP contribution is 2.32. The molecule has 0 saturated heterocycles. The Hall–Kier alpha value is -3.02. The number of benzene rings is 2. The van der Waals surface area contributed by atoms with Gasteiger partial charge >= 0.3 is 0 Å². The molecule has 0 aliphatic carbocycles. The Kier molecular flexibility index (Phi) is 6.22. The molecular formula is C20H24N2O4. The predicted octanol–water partition coefficient (Wildman–Crippen LogP) is 3.31. The number of nitrogens with one attached hydrogen (secondary N) is 1. The number of methoxy groups -OCH3 is 2. The zero-order chi connectivity index (χ0) is 19.3. The molecule has 0 saturated carbocycles. The third kappa shape index (κ3) is 4.53. The van der Waals surface area contributed by atoms with Crippen molar-refractivity contribution >= 4 is 23.2 Å². The summed E-state index contributed by atoms with van der Waals surface area (Å²) >= 11 is 0. The van der Waals surface area contributed by atoms with Crippen molar-refractivity contribution in [3.8, 4) is 11.5 Å². The SMILES string of the molecule is COc1ccc(N(CC(=O)Nc2ccc(C)cc2C)C(C)=O)c(OC)c1. The van der Waals surface area contributed by atoms with Crippen molar-refractivity contribution in [3.63, 3.8) is 0 Å². The fourth-order valence-electron chi connectivity index (χ4n) is 2.66. The number of nitrogens with zero attached hydrogens (tertiary/aromatic N) is 1. The van der Waals surface area contributed by atoms with Crippen LogP contribution in [0.2, 0.25) is 0 Å². The van der Waals surface area contributed by atoms with Gasteiger partial charge in [0.05, 0.1) is 19.9 Å². The number of anilines is 2. The van der Waals surface area contributed by atoms with Crippen LogP contribution in [0.15, 0.2) is 36.4 Å². The Morgan fingerprint density at radius 1 is 1.04 bits per heavy atom. The Morgan fingerprint density at radius 3 is 2.35 bits per heavy atom. The van der Waals surface area contributed by atoms with E-state index >= 15 is 0 Å². The summed E-state index contributed by atoms with van der Waals surface area (Å²) in [5.74, 6) is 0.516.